The Labute approximate surface area is 204 Å². The molecule has 0 aliphatic heterocycles. The fourth-order valence-corrected chi connectivity index (χ4v) is 3.86. The average Bonchev–Trinajstić information content (AvgIpc) is 3.21. The maximum atomic E-state index is 12.8. The predicted molar refractivity (Wildman–Crippen MR) is 135 cm³/mol. The van der Waals surface area contributed by atoms with E-state index in [4.69, 9.17) is 4.52 Å². The Balaban J connectivity index is 1.78. The first-order valence-electron chi connectivity index (χ1n) is 11.3. The summed E-state index contributed by atoms with van der Waals surface area (Å²) in [7, 11) is 1.93. The molecule has 1 heterocycles. The summed E-state index contributed by atoms with van der Waals surface area (Å²) in [5, 5.41) is 18.2. The number of rotatable bonds is 9. The molecule has 0 bridgehead atoms. The number of carbonyl (C=O) groups excluding carboxylic acids is 2. The van der Waals surface area contributed by atoms with Crippen molar-refractivity contribution in [3.63, 3.8) is 0 Å². The summed E-state index contributed by atoms with van der Waals surface area (Å²) in [6, 6.07) is 11.9. The number of aromatic nitrogens is 1. The molecule has 184 valence electrons. The van der Waals surface area contributed by atoms with E-state index in [2.05, 4.69) is 29.6 Å². The smallest absolute Gasteiger partial charge is 0.409 e. The normalized spacial score (nSPS) is 10.8. The number of anilines is 3. The second kappa shape index (κ2) is 10.9. The van der Waals surface area contributed by atoms with Crippen molar-refractivity contribution in [3.8, 4) is 11.3 Å². The van der Waals surface area contributed by atoms with Crippen molar-refractivity contribution in [1.29, 1.82) is 0 Å². The number of ketones is 1. The Bertz CT molecular complexity index is 1250. The fourth-order valence-electron chi connectivity index (χ4n) is 3.86. The van der Waals surface area contributed by atoms with Gasteiger partial charge in [0.25, 0.3) is 0 Å². The highest BCUT2D eigenvalue weighted by Crippen LogP contribution is 2.32. The molecule has 0 saturated heterocycles. The summed E-state index contributed by atoms with van der Waals surface area (Å²) in [4.78, 5) is 38.9. The summed E-state index contributed by atoms with van der Waals surface area (Å²) < 4.78 is 5.25. The van der Waals surface area contributed by atoms with Gasteiger partial charge in [0.15, 0.2) is 11.5 Å². The summed E-state index contributed by atoms with van der Waals surface area (Å²) in [6.07, 6.45) is -1.66. The Morgan fingerprint density at radius 3 is 2.40 bits per heavy atom. The zero-order valence-electron chi connectivity index (χ0n) is 20.5. The van der Waals surface area contributed by atoms with Gasteiger partial charge in [-0.2, -0.15) is 0 Å². The van der Waals surface area contributed by atoms with Crippen LogP contribution in [0.25, 0.3) is 11.3 Å². The molecule has 0 radical (unpaired) electrons. The van der Waals surface area contributed by atoms with Crippen molar-refractivity contribution in [2.24, 2.45) is 5.92 Å². The van der Waals surface area contributed by atoms with Gasteiger partial charge in [0, 0.05) is 36.5 Å². The number of hydrogen-bond acceptors (Lipinski definition) is 6. The minimum absolute atomic E-state index is 0.234. The van der Waals surface area contributed by atoms with E-state index in [1.54, 1.807) is 49.4 Å². The number of amides is 2. The lowest BCUT2D eigenvalue weighted by Gasteiger charge is -2.25. The number of Topliss-reactive ketones (excluding diaryl/α,β-unsaturated/α-hetero) is 1. The zero-order valence-corrected chi connectivity index (χ0v) is 20.5. The molecular formula is C26H30N4O5. The number of benzene rings is 2. The van der Waals surface area contributed by atoms with Gasteiger partial charge in [-0.25, -0.2) is 4.79 Å². The molecule has 0 aliphatic carbocycles. The molecule has 2 aromatic carbocycles. The van der Waals surface area contributed by atoms with Crippen molar-refractivity contribution in [3.05, 3.63) is 59.3 Å². The Morgan fingerprint density at radius 1 is 1.06 bits per heavy atom. The van der Waals surface area contributed by atoms with Crippen LogP contribution in [0.15, 0.2) is 47.0 Å². The van der Waals surface area contributed by atoms with Crippen molar-refractivity contribution in [1.82, 2.24) is 5.16 Å². The molecule has 3 rings (SSSR count). The van der Waals surface area contributed by atoms with Gasteiger partial charge in [0.1, 0.15) is 0 Å². The van der Waals surface area contributed by atoms with E-state index in [0.717, 1.165) is 23.5 Å². The van der Waals surface area contributed by atoms with Crippen LogP contribution in [0.2, 0.25) is 0 Å². The molecular weight excluding hydrogens is 448 g/mol. The van der Waals surface area contributed by atoms with Gasteiger partial charge in [-0.15, -0.1) is 0 Å². The Hall–Kier alpha value is -4.14. The van der Waals surface area contributed by atoms with Crippen molar-refractivity contribution < 1.29 is 24.0 Å². The van der Waals surface area contributed by atoms with Crippen LogP contribution in [-0.4, -0.2) is 41.6 Å². The summed E-state index contributed by atoms with van der Waals surface area (Å²) in [5.74, 6) is 0.0154. The molecule has 1 aromatic heterocycles. The van der Waals surface area contributed by atoms with E-state index < -0.39 is 18.4 Å². The first kappa shape index (κ1) is 25.5. The lowest BCUT2D eigenvalue weighted by atomic mass is 10.0. The molecule has 2 amide bonds. The largest absolute Gasteiger partial charge is 0.465 e. The number of nitrogens with zero attached hydrogens (tertiary/aromatic N) is 2. The van der Waals surface area contributed by atoms with Crippen molar-refractivity contribution >= 4 is 34.8 Å². The zero-order chi connectivity index (χ0) is 25.7. The second-order valence-corrected chi connectivity index (χ2v) is 8.95. The van der Waals surface area contributed by atoms with Gasteiger partial charge in [0.2, 0.25) is 5.91 Å². The Kier molecular flexibility index (Phi) is 7.91. The lowest BCUT2D eigenvalue weighted by molar-refractivity contribution is -0.115. The highest BCUT2D eigenvalue weighted by atomic mass is 16.5. The first-order valence-corrected chi connectivity index (χ1v) is 11.3. The van der Waals surface area contributed by atoms with Gasteiger partial charge >= 0.3 is 6.09 Å². The average molecular weight is 479 g/mol. The van der Waals surface area contributed by atoms with Crippen LogP contribution < -0.4 is 15.5 Å². The molecule has 0 unspecified atom stereocenters. The van der Waals surface area contributed by atoms with Crippen LogP contribution in [0.1, 0.15) is 41.9 Å². The highest BCUT2D eigenvalue weighted by molar-refractivity contribution is 6.12. The van der Waals surface area contributed by atoms with E-state index in [1.165, 1.54) is 0 Å². The standard InChI is InChI=1S/C26H30N4O5/c1-15(2)14-30(5)22-12-21(28-26(33)34)20(9-16(22)3)27-25(32)13-23(31)18-7-6-8-19(11-18)24-10-17(4)29-35-24/h6-12,15,28H,13-14H2,1-5H3,(H,27,32)(H,33,34). The van der Waals surface area contributed by atoms with E-state index >= 15 is 0 Å². The first-order chi connectivity index (χ1) is 16.5. The third-order valence-corrected chi connectivity index (χ3v) is 5.32. The van der Waals surface area contributed by atoms with Gasteiger partial charge < -0.3 is 19.8 Å². The number of hydrogen-bond donors (Lipinski definition) is 3. The molecule has 0 atom stereocenters. The molecule has 9 heteroatoms. The van der Waals surface area contributed by atoms with E-state index in [1.807, 2.05) is 18.9 Å². The molecule has 0 saturated carbocycles. The molecule has 0 fully saturated rings. The van der Waals surface area contributed by atoms with Crippen LogP contribution in [0.5, 0.6) is 0 Å². The van der Waals surface area contributed by atoms with Crippen molar-refractivity contribution in [2.45, 2.75) is 34.1 Å². The third-order valence-electron chi connectivity index (χ3n) is 5.32. The summed E-state index contributed by atoms with van der Waals surface area (Å²) in [6.45, 7) is 8.65. The SMILES string of the molecule is Cc1cc(-c2cccc(C(=O)CC(=O)Nc3cc(C)c(N(C)CC(C)C)cc3NC(=O)O)c2)on1. The van der Waals surface area contributed by atoms with Gasteiger partial charge in [-0.3, -0.25) is 14.9 Å². The molecule has 35 heavy (non-hydrogen) atoms. The number of nitrogens with one attached hydrogen (secondary N) is 2. The van der Waals surface area contributed by atoms with E-state index in [9.17, 15) is 19.5 Å². The maximum absolute atomic E-state index is 12.8. The maximum Gasteiger partial charge on any atom is 0.409 e. The number of carbonyl (C=O) groups is 3. The van der Waals surface area contributed by atoms with Crippen molar-refractivity contribution in [2.75, 3.05) is 29.1 Å². The molecule has 0 spiro atoms. The minimum Gasteiger partial charge on any atom is -0.465 e. The monoisotopic (exact) mass is 478 g/mol. The number of carboxylic acid groups (broad SMARTS) is 1. The molecule has 3 N–H and O–H groups in total. The number of aryl methyl sites for hydroxylation is 2. The third kappa shape index (κ3) is 6.69. The van der Waals surface area contributed by atoms with Crippen LogP contribution in [0.4, 0.5) is 21.9 Å². The van der Waals surface area contributed by atoms with Crippen LogP contribution in [0.3, 0.4) is 0 Å². The lowest BCUT2D eigenvalue weighted by Crippen LogP contribution is -2.24. The molecule has 0 aliphatic rings. The van der Waals surface area contributed by atoms with Gasteiger partial charge in [-0.05, 0) is 43.5 Å². The van der Waals surface area contributed by atoms with Crippen LogP contribution in [-0.2, 0) is 4.79 Å². The minimum atomic E-state index is -1.25. The quantitative estimate of drug-likeness (QED) is 0.280. The highest BCUT2D eigenvalue weighted by Gasteiger charge is 2.18. The molecule has 9 nitrogen and oxygen atoms in total. The molecule has 3 aromatic rings. The van der Waals surface area contributed by atoms with Gasteiger partial charge in [-0.1, -0.05) is 37.2 Å². The van der Waals surface area contributed by atoms with Gasteiger partial charge in [0.05, 0.1) is 23.5 Å². The summed E-state index contributed by atoms with van der Waals surface area (Å²) >= 11 is 0. The second-order valence-electron chi connectivity index (χ2n) is 8.95. The van der Waals surface area contributed by atoms with Crippen LogP contribution in [0, 0.1) is 19.8 Å². The summed E-state index contributed by atoms with van der Waals surface area (Å²) in [5.41, 5.74) is 3.99. The topological polar surface area (TPSA) is 125 Å². The van der Waals surface area contributed by atoms with E-state index in [-0.39, 0.29) is 17.2 Å². The van der Waals surface area contributed by atoms with E-state index in [0.29, 0.717) is 22.8 Å². The Morgan fingerprint density at radius 2 is 1.77 bits per heavy atom. The van der Waals surface area contributed by atoms with Crippen LogP contribution >= 0.6 is 0 Å². The predicted octanol–water partition coefficient (Wildman–Crippen LogP) is 5.35. The fraction of sp³-hybridized carbons (Fsp3) is 0.308.